The van der Waals surface area contributed by atoms with Crippen molar-refractivity contribution >= 4 is 33.1 Å². The summed E-state index contributed by atoms with van der Waals surface area (Å²) in [5, 5.41) is 7.20. The second-order valence-corrected chi connectivity index (χ2v) is 9.25. The Morgan fingerprint density at radius 3 is 2.27 bits per heavy atom. The molecule has 3 aromatic carbocycles. The average Bonchev–Trinajstić information content (AvgIpc) is 3.01. The summed E-state index contributed by atoms with van der Waals surface area (Å²) in [6.07, 6.45) is 1.18. The minimum absolute atomic E-state index is 0.0550. The monoisotopic (exact) mass is 504 g/mol. The van der Waals surface area contributed by atoms with Crippen molar-refractivity contribution in [3.05, 3.63) is 93.6 Å². The fourth-order valence-electron chi connectivity index (χ4n) is 4.74. The second-order valence-electron chi connectivity index (χ2n) is 8.33. The third-order valence-electron chi connectivity index (χ3n) is 6.39. The molecule has 33 heavy (non-hydrogen) atoms. The first-order valence-electron chi connectivity index (χ1n) is 10.9. The van der Waals surface area contributed by atoms with Crippen LogP contribution in [0.4, 0.5) is 11.4 Å². The maximum Gasteiger partial charge on any atom is 0.163 e. The van der Waals surface area contributed by atoms with Crippen molar-refractivity contribution in [1.82, 2.24) is 0 Å². The summed E-state index contributed by atoms with van der Waals surface area (Å²) in [5.41, 5.74) is 5.87. The first-order chi connectivity index (χ1) is 16.1. The molecule has 1 heterocycles. The molecular weight excluding hydrogens is 480 g/mol. The molecule has 0 fully saturated rings. The lowest BCUT2D eigenvalue weighted by Crippen LogP contribution is -2.26. The molecular formula is C27H25BrN2O3. The Morgan fingerprint density at radius 2 is 1.55 bits per heavy atom. The van der Waals surface area contributed by atoms with E-state index < -0.39 is 0 Å². The molecule has 5 nitrogen and oxygen atoms in total. The zero-order valence-electron chi connectivity index (χ0n) is 18.5. The molecule has 0 bridgehead atoms. The van der Waals surface area contributed by atoms with E-state index in [0.29, 0.717) is 17.9 Å². The van der Waals surface area contributed by atoms with E-state index in [0.717, 1.165) is 44.7 Å². The van der Waals surface area contributed by atoms with Crippen molar-refractivity contribution in [2.45, 2.75) is 24.8 Å². The highest BCUT2D eigenvalue weighted by atomic mass is 79.9. The fraction of sp³-hybridized carbons (Fsp3) is 0.222. The van der Waals surface area contributed by atoms with E-state index in [2.05, 4.69) is 38.7 Å². The van der Waals surface area contributed by atoms with E-state index >= 15 is 0 Å². The number of ketones is 1. The maximum atomic E-state index is 13.6. The predicted octanol–water partition coefficient (Wildman–Crippen LogP) is 6.45. The van der Waals surface area contributed by atoms with Gasteiger partial charge in [-0.15, -0.1) is 0 Å². The van der Waals surface area contributed by atoms with Crippen LogP contribution in [-0.4, -0.2) is 20.0 Å². The number of halogens is 1. The van der Waals surface area contributed by atoms with Gasteiger partial charge < -0.3 is 20.1 Å². The molecule has 6 heteroatoms. The van der Waals surface area contributed by atoms with E-state index in [9.17, 15) is 4.79 Å². The zero-order valence-corrected chi connectivity index (χ0v) is 20.1. The number of anilines is 2. The highest BCUT2D eigenvalue weighted by Crippen LogP contribution is 2.45. The van der Waals surface area contributed by atoms with Crippen LogP contribution in [0.25, 0.3) is 0 Å². The molecule has 0 spiro atoms. The van der Waals surface area contributed by atoms with Crippen molar-refractivity contribution in [1.29, 1.82) is 0 Å². The Hall–Kier alpha value is -3.25. The Bertz CT molecular complexity index is 1240. The number of carbonyl (C=O) groups excluding carboxylic acids is 1. The van der Waals surface area contributed by atoms with Crippen molar-refractivity contribution in [2.75, 3.05) is 24.9 Å². The van der Waals surface area contributed by atoms with Gasteiger partial charge in [0.05, 0.1) is 31.6 Å². The van der Waals surface area contributed by atoms with E-state index in [-0.39, 0.29) is 17.7 Å². The summed E-state index contributed by atoms with van der Waals surface area (Å²) in [6, 6.07) is 22.0. The summed E-state index contributed by atoms with van der Waals surface area (Å²) in [7, 11) is 3.26. The van der Waals surface area contributed by atoms with Crippen molar-refractivity contribution in [3.63, 3.8) is 0 Å². The normalized spacial score (nSPS) is 19.5. The number of hydrogen-bond donors (Lipinski definition) is 2. The van der Waals surface area contributed by atoms with Crippen LogP contribution in [-0.2, 0) is 4.79 Å². The van der Waals surface area contributed by atoms with Gasteiger partial charge in [-0.05, 0) is 59.9 Å². The van der Waals surface area contributed by atoms with Gasteiger partial charge in [-0.25, -0.2) is 0 Å². The van der Waals surface area contributed by atoms with Crippen molar-refractivity contribution in [3.8, 4) is 11.5 Å². The van der Waals surface area contributed by atoms with Gasteiger partial charge >= 0.3 is 0 Å². The number of hydrogen-bond acceptors (Lipinski definition) is 5. The number of rotatable bonds is 4. The molecule has 5 rings (SSSR count). The van der Waals surface area contributed by atoms with Crippen LogP contribution in [0.15, 0.2) is 82.5 Å². The lowest BCUT2D eigenvalue weighted by atomic mass is 9.78. The number of allylic oxidation sites excluding steroid dienone is 1. The molecule has 0 unspecified atom stereocenters. The highest BCUT2D eigenvalue weighted by molar-refractivity contribution is 9.10. The number of ether oxygens (including phenoxy) is 2. The van der Waals surface area contributed by atoms with Gasteiger partial charge in [0.2, 0.25) is 0 Å². The van der Waals surface area contributed by atoms with Gasteiger partial charge in [-0.2, -0.15) is 0 Å². The average molecular weight is 505 g/mol. The van der Waals surface area contributed by atoms with Crippen molar-refractivity contribution < 1.29 is 14.3 Å². The lowest BCUT2D eigenvalue weighted by molar-refractivity contribution is -0.116. The predicted molar refractivity (Wildman–Crippen MR) is 134 cm³/mol. The number of para-hydroxylation sites is 2. The molecule has 0 aromatic heterocycles. The zero-order chi connectivity index (χ0) is 22.9. The van der Waals surface area contributed by atoms with Crippen LogP contribution in [0.2, 0.25) is 0 Å². The van der Waals surface area contributed by atoms with Gasteiger partial charge in [0.1, 0.15) is 0 Å². The number of Topliss-reactive ketones (excluding diaryl/α,β-unsaturated/α-hetero) is 1. The van der Waals surface area contributed by atoms with Crippen LogP contribution in [0.1, 0.15) is 35.9 Å². The van der Waals surface area contributed by atoms with Crippen LogP contribution >= 0.6 is 15.9 Å². The molecule has 168 valence electrons. The first kappa shape index (κ1) is 21.6. The minimum Gasteiger partial charge on any atom is -0.493 e. The minimum atomic E-state index is -0.219. The number of methoxy groups -OCH3 is 2. The molecule has 0 amide bonds. The third kappa shape index (κ3) is 4.11. The van der Waals surface area contributed by atoms with Crippen LogP contribution < -0.4 is 20.1 Å². The number of nitrogens with one attached hydrogen (secondary N) is 2. The summed E-state index contributed by atoms with van der Waals surface area (Å²) >= 11 is 3.52. The molecule has 2 N–H and O–H groups in total. The Balaban J connectivity index is 1.57. The maximum absolute atomic E-state index is 13.6. The van der Waals surface area contributed by atoms with Gasteiger partial charge in [-0.3, -0.25) is 4.79 Å². The number of fused-ring (bicyclic) bond motifs is 1. The quantitative estimate of drug-likeness (QED) is 0.427. The van der Waals surface area contributed by atoms with Gasteiger partial charge in [0, 0.05) is 22.2 Å². The summed E-state index contributed by atoms with van der Waals surface area (Å²) in [5.74, 6) is 1.57. The number of carbonyl (C=O) groups is 1. The SMILES string of the molecule is COc1ccc([C@@H]2CC(=O)C3=C(C2)Nc2ccccc2N[C@H]3c2ccc(Br)cc2)cc1OC. The van der Waals surface area contributed by atoms with Gasteiger partial charge in [-0.1, -0.05) is 46.3 Å². The van der Waals surface area contributed by atoms with Crippen LogP contribution in [0.5, 0.6) is 11.5 Å². The first-order valence-corrected chi connectivity index (χ1v) is 11.7. The Kier molecular flexibility index (Phi) is 5.85. The lowest BCUT2D eigenvalue weighted by Gasteiger charge is -2.30. The van der Waals surface area contributed by atoms with Gasteiger partial charge in [0.25, 0.3) is 0 Å². The largest absolute Gasteiger partial charge is 0.493 e. The molecule has 1 aliphatic heterocycles. The fourth-order valence-corrected chi connectivity index (χ4v) is 5.00. The van der Waals surface area contributed by atoms with E-state index in [1.54, 1.807) is 14.2 Å². The summed E-state index contributed by atoms with van der Waals surface area (Å²) in [6.45, 7) is 0. The molecule has 3 aromatic rings. The van der Waals surface area contributed by atoms with E-state index in [4.69, 9.17) is 9.47 Å². The Labute approximate surface area is 201 Å². The second kappa shape index (κ2) is 8.94. The van der Waals surface area contributed by atoms with E-state index in [1.165, 1.54) is 0 Å². The molecule has 0 radical (unpaired) electrons. The molecule has 2 aliphatic rings. The van der Waals surface area contributed by atoms with Crippen molar-refractivity contribution in [2.24, 2.45) is 0 Å². The molecule has 0 saturated heterocycles. The Morgan fingerprint density at radius 1 is 0.848 bits per heavy atom. The third-order valence-corrected chi connectivity index (χ3v) is 6.92. The van der Waals surface area contributed by atoms with Gasteiger partial charge in [0.15, 0.2) is 17.3 Å². The summed E-state index contributed by atoms with van der Waals surface area (Å²) < 4.78 is 11.9. The highest BCUT2D eigenvalue weighted by Gasteiger charge is 2.36. The van der Waals surface area contributed by atoms with Crippen LogP contribution in [0, 0.1) is 0 Å². The van der Waals surface area contributed by atoms with E-state index in [1.807, 2.05) is 54.6 Å². The summed E-state index contributed by atoms with van der Waals surface area (Å²) in [4.78, 5) is 13.6. The smallest absolute Gasteiger partial charge is 0.163 e. The molecule has 0 saturated carbocycles. The standard InChI is InChI=1S/C27H25BrN2O3/c1-32-24-12-9-17(15-25(24)33-2)18-13-22-26(23(31)14-18)27(16-7-10-19(28)11-8-16)30-21-6-4-3-5-20(21)29-22/h3-12,15,18,27,29-30H,13-14H2,1-2H3/t18-,27-/m0/s1. The molecule has 1 aliphatic carbocycles. The topological polar surface area (TPSA) is 59.6 Å². The number of benzene rings is 3. The molecule has 2 atom stereocenters. The van der Waals surface area contributed by atoms with Crippen LogP contribution in [0.3, 0.4) is 0 Å².